The molecule has 0 radical (unpaired) electrons. The summed E-state index contributed by atoms with van der Waals surface area (Å²) in [6.45, 7) is 4.98. The van der Waals surface area contributed by atoms with E-state index in [9.17, 15) is 27.6 Å². The number of Topliss-reactive ketones (excluding diaryl/α,β-unsaturated/α-hetero) is 1. The highest BCUT2D eigenvalue weighted by Gasteiger charge is 2.40. The molecule has 1 aromatic rings. The van der Waals surface area contributed by atoms with Gasteiger partial charge in [0.05, 0.1) is 16.4 Å². The smallest absolute Gasteiger partial charge is 0.426 e. The van der Waals surface area contributed by atoms with E-state index in [0.717, 1.165) is 5.56 Å². The molecule has 2 aliphatic rings. The zero-order valence-corrected chi connectivity index (χ0v) is 20.5. The molecule has 1 aromatic carbocycles. The maximum atomic E-state index is 13.4. The number of hydrogen-bond donors (Lipinski definition) is 2. The molecule has 0 bridgehead atoms. The average molecular weight is 512 g/mol. The van der Waals surface area contributed by atoms with Gasteiger partial charge in [0.15, 0.2) is 5.78 Å². The third-order valence-corrected chi connectivity index (χ3v) is 6.19. The second-order valence-electron chi connectivity index (χ2n) is 9.21. The predicted molar refractivity (Wildman–Crippen MR) is 126 cm³/mol. The van der Waals surface area contributed by atoms with E-state index in [1.807, 2.05) is 30.3 Å². The van der Waals surface area contributed by atoms with Gasteiger partial charge in [0.25, 0.3) is 5.91 Å². The minimum absolute atomic E-state index is 0.153. The lowest BCUT2D eigenvalue weighted by molar-refractivity contribution is -0.136. The summed E-state index contributed by atoms with van der Waals surface area (Å²) in [6.07, 6.45) is -4.40. The van der Waals surface area contributed by atoms with E-state index in [-0.39, 0.29) is 35.9 Å². The molecule has 190 valence electrons. The Kier molecular flexibility index (Phi) is 8.19. The molecule has 0 saturated carbocycles. The molecule has 3 rings (SSSR count). The van der Waals surface area contributed by atoms with Gasteiger partial charge in [-0.2, -0.15) is 13.2 Å². The van der Waals surface area contributed by atoms with E-state index in [1.165, 1.54) is 16.8 Å². The van der Waals surface area contributed by atoms with Gasteiger partial charge >= 0.3 is 12.3 Å². The van der Waals surface area contributed by atoms with Crippen LogP contribution in [0.5, 0.6) is 0 Å². The van der Waals surface area contributed by atoms with Crippen LogP contribution in [0.15, 0.2) is 52.6 Å². The number of carbonyl (C=O) groups excluding carboxylic acids is 3. The minimum Gasteiger partial charge on any atom is -0.443 e. The number of nitrogens with zero attached hydrogens (tertiary/aromatic N) is 1. The van der Waals surface area contributed by atoms with Crippen molar-refractivity contribution in [3.8, 4) is 0 Å². The number of amides is 2. The van der Waals surface area contributed by atoms with Crippen molar-refractivity contribution in [2.24, 2.45) is 5.92 Å². The molecular weight excluding hydrogens is 483 g/mol. The van der Waals surface area contributed by atoms with Crippen molar-refractivity contribution >= 4 is 29.5 Å². The molecule has 11 heteroatoms. The number of alkyl halides is 3. The highest BCUT2D eigenvalue weighted by Crippen LogP contribution is 2.42. The number of allylic oxidation sites excluding steroid dienone is 2. The lowest BCUT2D eigenvalue weighted by Crippen LogP contribution is -2.45. The van der Waals surface area contributed by atoms with Crippen molar-refractivity contribution in [2.75, 3.05) is 12.4 Å². The zero-order valence-electron chi connectivity index (χ0n) is 19.7. The molecule has 2 N–H and O–H groups in total. The number of thioether (sulfide) groups is 1. The third kappa shape index (κ3) is 7.51. The summed E-state index contributed by atoms with van der Waals surface area (Å²) in [5.74, 6) is -1.34. The average Bonchev–Trinajstić information content (AvgIpc) is 3.15. The highest BCUT2D eigenvalue weighted by atomic mass is 32.2. The molecule has 1 aliphatic carbocycles. The third-order valence-electron chi connectivity index (χ3n) is 5.10. The molecule has 1 aliphatic heterocycles. The van der Waals surface area contributed by atoms with E-state index in [1.54, 1.807) is 26.8 Å². The van der Waals surface area contributed by atoms with Gasteiger partial charge in [0.2, 0.25) is 0 Å². The summed E-state index contributed by atoms with van der Waals surface area (Å²) in [6, 6.07) is 9.26. The van der Waals surface area contributed by atoms with Crippen LogP contribution in [0.1, 0.15) is 39.2 Å². The lowest BCUT2D eigenvalue weighted by Gasteiger charge is -2.28. The number of halogens is 3. The van der Waals surface area contributed by atoms with Gasteiger partial charge in [0, 0.05) is 18.9 Å². The van der Waals surface area contributed by atoms with Crippen LogP contribution in [0.25, 0.3) is 0 Å². The number of ether oxygens (including phenoxy) is 1. The number of nitrogens with one attached hydrogen (secondary N) is 2. The van der Waals surface area contributed by atoms with Crippen LogP contribution in [0, 0.1) is 5.92 Å². The first kappa shape index (κ1) is 26.7. The molecule has 0 fully saturated rings. The van der Waals surface area contributed by atoms with Crippen molar-refractivity contribution in [2.45, 2.75) is 51.8 Å². The van der Waals surface area contributed by atoms with Crippen LogP contribution in [0.2, 0.25) is 0 Å². The Hall–Kier alpha value is -2.95. The molecule has 1 atom stereocenters. The van der Waals surface area contributed by atoms with Crippen molar-refractivity contribution in [1.29, 1.82) is 0 Å². The van der Waals surface area contributed by atoms with E-state index in [2.05, 4.69) is 10.7 Å². The van der Waals surface area contributed by atoms with Gasteiger partial charge in [-0.25, -0.2) is 10.2 Å². The van der Waals surface area contributed by atoms with Crippen LogP contribution >= 0.6 is 11.8 Å². The maximum Gasteiger partial charge on any atom is 0.426 e. The Balaban J connectivity index is 1.82. The molecule has 0 saturated heterocycles. The van der Waals surface area contributed by atoms with Crippen molar-refractivity contribution in [3.05, 3.63) is 58.1 Å². The lowest BCUT2D eigenvalue weighted by atomic mass is 9.86. The van der Waals surface area contributed by atoms with Crippen LogP contribution < -0.4 is 10.7 Å². The first-order chi connectivity index (χ1) is 16.3. The van der Waals surface area contributed by atoms with E-state index in [0.29, 0.717) is 11.3 Å². The van der Waals surface area contributed by atoms with Crippen LogP contribution in [-0.4, -0.2) is 47.0 Å². The number of hydrazine groups is 1. The fourth-order valence-corrected chi connectivity index (χ4v) is 4.76. The van der Waals surface area contributed by atoms with Crippen LogP contribution in [-0.2, 0) is 20.7 Å². The van der Waals surface area contributed by atoms with E-state index < -0.39 is 36.1 Å². The summed E-state index contributed by atoms with van der Waals surface area (Å²) in [5, 5.41) is 3.89. The minimum atomic E-state index is -4.30. The Labute approximate surface area is 206 Å². The predicted octanol–water partition coefficient (Wildman–Crippen LogP) is 4.47. The van der Waals surface area contributed by atoms with E-state index >= 15 is 0 Å². The largest absolute Gasteiger partial charge is 0.443 e. The van der Waals surface area contributed by atoms with Gasteiger partial charge in [-0.3, -0.25) is 14.6 Å². The van der Waals surface area contributed by atoms with Crippen molar-refractivity contribution in [3.63, 3.8) is 0 Å². The molecule has 7 nitrogen and oxygen atoms in total. The van der Waals surface area contributed by atoms with Gasteiger partial charge in [-0.05, 0) is 39.2 Å². The van der Waals surface area contributed by atoms with Gasteiger partial charge in [-0.1, -0.05) is 48.2 Å². The molecule has 2 amide bonds. The Morgan fingerprint density at radius 2 is 1.86 bits per heavy atom. The fourth-order valence-electron chi connectivity index (χ4n) is 3.65. The fraction of sp³-hybridized carbons (Fsp3) is 0.458. The van der Waals surface area contributed by atoms with Crippen LogP contribution in [0.4, 0.5) is 18.0 Å². The molecule has 0 aromatic heterocycles. The number of ketones is 1. The molecule has 0 spiro atoms. The first-order valence-corrected chi connectivity index (χ1v) is 12.1. The zero-order chi connectivity index (χ0) is 25.8. The number of rotatable bonds is 7. The Morgan fingerprint density at radius 1 is 1.17 bits per heavy atom. The quantitative estimate of drug-likeness (QED) is 0.526. The normalized spacial score (nSPS) is 18.2. The molecule has 1 heterocycles. The topological polar surface area (TPSA) is 87.7 Å². The maximum absolute atomic E-state index is 13.4. The summed E-state index contributed by atoms with van der Waals surface area (Å²) < 4.78 is 42.6. The Bertz CT molecular complexity index is 1030. The molecular formula is C24H28F3N3O4S. The SMILES string of the molecule is CC(C)(C)OC(=O)NN1CSC2=C1C(=O)C(Cc1ccccc1)C=C2C(=O)NCCCC(F)(F)F. The standard InChI is InChI=1S/C24H28F3N3O4S/c1-23(2,3)34-22(33)29-30-14-35-20-17(21(32)28-11-7-10-24(25,26)27)13-16(19(31)18(20)30)12-15-8-5-4-6-9-15/h4-6,8-9,13,16H,7,10-12,14H2,1-3H3,(H,28,32)(H,29,33). The van der Waals surface area contributed by atoms with E-state index in [4.69, 9.17) is 4.74 Å². The molecule has 1 unspecified atom stereocenters. The summed E-state index contributed by atoms with van der Waals surface area (Å²) >= 11 is 1.19. The number of hydrogen-bond acceptors (Lipinski definition) is 6. The van der Waals surface area contributed by atoms with Crippen molar-refractivity contribution in [1.82, 2.24) is 15.8 Å². The summed E-state index contributed by atoms with van der Waals surface area (Å²) in [7, 11) is 0. The van der Waals surface area contributed by atoms with Gasteiger partial charge < -0.3 is 10.1 Å². The van der Waals surface area contributed by atoms with Crippen LogP contribution in [0.3, 0.4) is 0 Å². The van der Waals surface area contributed by atoms with Gasteiger partial charge in [-0.15, -0.1) is 0 Å². The monoisotopic (exact) mass is 511 g/mol. The number of benzene rings is 1. The Morgan fingerprint density at radius 3 is 2.49 bits per heavy atom. The van der Waals surface area contributed by atoms with Crippen molar-refractivity contribution < 1.29 is 32.3 Å². The first-order valence-electron chi connectivity index (χ1n) is 11.1. The number of carbonyl (C=O) groups is 3. The molecule has 35 heavy (non-hydrogen) atoms. The summed E-state index contributed by atoms with van der Waals surface area (Å²) in [5.41, 5.74) is 3.09. The van der Waals surface area contributed by atoms with Gasteiger partial charge in [0.1, 0.15) is 11.3 Å². The highest BCUT2D eigenvalue weighted by molar-refractivity contribution is 8.03. The second kappa shape index (κ2) is 10.8. The second-order valence-corrected chi connectivity index (χ2v) is 10.2. The summed E-state index contributed by atoms with van der Waals surface area (Å²) in [4.78, 5) is 39.1.